The predicted molar refractivity (Wildman–Crippen MR) is 145 cm³/mol. The first-order chi connectivity index (χ1) is 17.4. The van der Waals surface area contributed by atoms with Crippen LogP contribution in [0.25, 0.3) is 11.0 Å². The molecule has 1 N–H and O–H groups in total. The van der Waals surface area contributed by atoms with Crippen molar-refractivity contribution in [2.45, 2.75) is 27.3 Å². The number of hydrogen-bond acceptors (Lipinski definition) is 6. The first-order valence-corrected chi connectivity index (χ1v) is 13.1. The topological polar surface area (TPSA) is 48.8 Å². The molecule has 36 heavy (non-hydrogen) atoms. The lowest BCUT2D eigenvalue weighted by Crippen LogP contribution is -2.47. The van der Waals surface area contributed by atoms with Crippen molar-refractivity contribution in [1.82, 2.24) is 19.8 Å². The maximum absolute atomic E-state index is 14.4. The van der Waals surface area contributed by atoms with Crippen molar-refractivity contribution in [1.29, 1.82) is 0 Å². The number of anilines is 2. The molecule has 0 aliphatic carbocycles. The fraction of sp³-hybridized carbons (Fsp3) is 0.536. The van der Waals surface area contributed by atoms with E-state index < -0.39 is 0 Å². The van der Waals surface area contributed by atoms with Gasteiger partial charge < -0.3 is 24.4 Å². The number of benzene rings is 2. The first-order valence-electron chi connectivity index (χ1n) is 13.1. The molecule has 8 heteroatoms. The highest BCUT2D eigenvalue weighted by Crippen LogP contribution is 2.33. The molecule has 0 spiro atoms. The smallest absolute Gasteiger partial charge is 0.207 e. The number of aromatic nitrogens is 2. The van der Waals surface area contributed by atoms with Crippen LogP contribution in [0.5, 0.6) is 0 Å². The summed E-state index contributed by atoms with van der Waals surface area (Å²) in [4.78, 5) is 12.6. The van der Waals surface area contributed by atoms with E-state index in [4.69, 9.17) is 9.72 Å². The number of rotatable bonds is 7. The average molecular weight is 495 g/mol. The molecule has 2 fully saturated rings. The molecule has 194 valence electrons. The Labute approximate surface area is 213 Å². The molecule has 2 aromatic carbocycles. The second-order valence-corrected chi connectivity index (χ2v) is 10.3. The minimum atomic E-state index is -0.112. The number of fused-ring (bicyclic) bond motifs is 1. The van der Waals surface area contributed by atoms with Crippen LogP contribution in [0.3, 0.4) is 0 Å². The van der Waals surface area contributed by atoms with Crippen LogP contribution in [0.2, 0.25) is 0 Å². The Kier molecular flexibility index (Phi) is 7.46. The largest absolute Gasteiger partial charge is 0.383 e. The van der Waals surface area contributed by atoms with Gasteiger partial charge >= 0.3 is 0 Å². The van der Waals surface area contributed by atoms with Gasteiger partial charge in [0.15, 0.2) is 0 Å². The molecule has 2 aliphatic rings. The van der Waals surface area contributed by atoms with Crippen molar-refractivity contribution in [3.8, 4) is 0 Å². The summed E-state index contributed by atoms with van der Waals surface area (Å²) in [7, 11) is 1.76. The Hall–Kier alpha value is -2.68. The fourth-order valence-corrected chi connectivity index (χ4v) is 5.57. The number of piperazine rings is 2. The number of methoxy groups -OCH3 is 1. The third-order valence-corrected chi connectivity index (χ3v) is 7.52. The molecule has 1 aromatic heterocycles. The summed E-state index contributed by atoms with van der Waals surface area (Å²) in [5.41, 5.74) is 7.17. The summed E-state index contributed by atoms with van der Waals surface area (Å²) in [5.74, 6) is 0.899. The number of hydrogen-bond donors (Lipinski definition) is 1. The van der Waals surface area contributed by atoms with Gasteiger partial charge in [-0.2, -0.15) is 0 Å². The third-order valence-electron chi connectivity index (χ3n) is 7.52. The van der Waals surface area contributed by atoms with Crippen molar-refractivity contribution < 1.29 is 9.13 Å². The molecular formula is C28H39FN6O. The van der Waals surface area contributed by atoms with Crippen LogP contribution in [0.15, 0.2) is 24.3 Å². The monoisotopic (exact) mass is 494 g/mol. The van der Waals surface area contributed by atoms with Crippen molar-refractivity contribution in [2.24, 2.45) is 0 Å². The number of ether oxygens (including phenoxy) is 1. The van der Waals surface area contributed by atoms with Gasteiger partial charge in [0.2, 0.25) is 5.95 Å². The molecule has 0 radical (unpaired) electrons. The van der Waals surface area contributed by atoms with Gasteiger partial charge in [0.1, 0.15) is 11.3 Å². The molecule has 7 nitrogen and oxygen atoms in total. The third kappa shape index (κ3) is 5.08. The van der Waals surface area contributed by atoms with Crippen LogP contribution in [-0.4, -0.2) is 87.1 Å². The molecule has 0 bridgehead atoms. The molecule has 3 heterocycles. The quantitative estimate of drug-likeness (QED) is 0.544. The Morgan fingerprint density at radius 2 is 1.61 bits per heavy atom. The minimum Gasteiger partial charge on any atom is -0.383 e. The van der Waals surface area contributed by atoms with Crippen molar-refractivity contribution in [3.05, 3.63) is 52.3 Å². The average Bonchev–Trinajstić information content (AvgIpc) is 3.24. The molecule has 0 unspecified atom stereocenters. The summed E-state index contributed by atoms with van der Waals surface area (Å²) in [6.07, 6.45) is 0. The first kappa shape index (κ1) is 25.0. The lowest BCUT2D eigenvalue weighted by Gasteiger charge is -2.36. The van der Waals surface area contributed by atoms with Gasteiger partial charge in [0, 0.05) is 66.0 Å². The second kappa shape index (κ2) is 10.7. The summed E-state index contributed by atoms with van der Waals surface area (Å²) >= 11 is 0. The Morgan fingerprint density at radius 3 is 2.28 bits per heavy atom. The van der Waals surface area contributed by atoms with E-state index in [1.165, 1.54) is 11.3 Å². The van der Waals surface area contributed by atoms with Crippen LogP contribution in [0.4, 0.5) is 16.0 Å². The molecule has 0 amide bonds. The van der Waals surface area contributed by atoms with E-state index in [2.05, 4.69) is 43.6 Å². The van der Waals surface area contributed by atoms with Crippen LogP contribution in [-0.2, 0) is 11.3 Å². The van der Waals surface area contributed by atoms with Crippen molar-refractivity contribution in [2.75, 3.05) is 82.4 Å². The van der Waals surface area contributed by atoms with E-state index in [9.17, 15) is 4.39 Å². The van der Waals surface area contributed by atoms with Crippen molar-refractivity contribution >= 4 is 22.7 Å². The van der Waals surface area contributed by atoms with Crippen LogP contribution >= 0.6 is 0 Å². The van der Waals surface area contributed by atoms with Gasteiger partial charge in [-0.15, -0.1) is 0 Å². The number of imidazole rings is 1. The van der Waals surface area contributed by atoms with Crippen LogP contribution in [0, 0.1) is 26.6 Å². The van der Waals surface area contributed by atoms with E-state index in [1.807, 2.05) is 26.0 Å². The van der Waals surface area contributed by atoms with E-state index in [-0.39, 0.29) is 5.82 Å². The molecular weight excluding hydrogens is 455 g/mol. The lowest BCUT2D eigenvalue weighted by atomic mass is 10.1. The van der Waals surface area contributed by atoms with Crippen LogP contribution < -0.4 is 15.1 Å². The zero-order chi connectivity index (χ0) is 25.2. The summed E-state index contributed by atoms with van der Waals surface area (Å²) < 4.78 is 22.0. The molecule has 2 saturated heterocycles. The van der Waals surface area contributed by atoms with Gasteiger partial charge in [-0.1, -0.05) is 12.1 Å². The number of aryl methyl sites for hydroxylation is 3. The fourth-order valence-electron chi connectivity index (χ4n) is 5.57. The predicted octanol–water partition coefficient (Wildman–Crippen LogP) is 3.33. The lowest BCUT2D eigenvalue weighted by molar-refractivity contribution is 0.144. The zero-order valence-corrected chi connectivity index (χ0v) is 22.1. The number of nitrogens with zero attached hydrogens (tertiary/aromatic N) is 5. The highest BCUT2D eigenvalue weighted by atomic mass is 19.1. The van der Waals surface area contributed by atoms with E-state index in [0.717, 1.165) is 88.1 Å². The Morgan fingerprint density at radius 1 is 0.917 bits per heavy atom. The Bertz CT molecular complexity index is 1190. The van der Waals surface area contributed by atoms with E-state index in [0.29, 0.717) is 17.7 Å². The SMILES string of the molecule is COCCN1CCN(c2cc(C)cc3c2nc(N2CCNCC2)n3Cc2cc(C)c(F)c(C)c2)CC1. The molecule has 2 aliphatic heterocycles. The van der Waals surface area contributed by atoms with Gasteiger partial charge in [-0.05, 0) is 55.2 Å². The van der Waals surface area contributed by atoms with Gasteiger partial charge in [-0.25, -0.2) is 9.37 Å². The van der Waals surface area contributed by atoms with Crippen molar-refractivity contribution in [3.63, 3.8) is 0 Å². The summed E-state index contributed by atoms with van der Waals surface area (Å²) in [6.45, 7) is 16.1. The van der Waals surface area contributed by atoms with Gasteiger partial charge in [-0.3, -0.25) is 4.90 Å². The Balaban J connectivity index is 1.54. The standard InChI is InChI=1S/C28H39FN6O/c1-20-15-24(33-11-9-32(10-12-33)13-14-36-4)27-25(16-20)35(28(31-27)34-7-5-30-6-8-34)19-23-17-21(2)26(29)22(3)18-23/h15-18,30H,5-14,19H2,1-4H3. The van der Waals surface area contributed by atoms with E-state index in [1.54, 1.807) is 7.11 Å². The zero-order valence-electron chi connectivity index (χ0n) is 22.1. The second-order valence-electron chi connectivity index (χ2n) is 10.3. The molecule has 3 aromatic rings. The summed E-state index contributed by atoms with van der Waals surface area (Å²) in [5, 5.41) is 3.46. The van der Waals surface area contributed by atoms with Crippen LogP contribution in [0.1, 0.15) is 22.3 Å². The maximum atomic E-state index is 14.4. The summed E-state index contributed by atoms with van der Waals surface area (Å²) in [6, 6.07) is 8.51. The van der Waals surface area contributed by atoms with Gasteiger partial charge in [0.25, 0.3) is 0 Å². The van der Waals surface area contributed by atoms with Gasteiger partial charge in [0.05, 0.1) is 24.4 Å². The highest BCUT2D eigenvalue weighted by molar-refractivity contribution is 5.92. The highest BCUT2D eigenvalue weighted by Gasteiger charge is 2.25. The van der Waals surface area contributed by atoms with E-state index >= 15 is 0 Å². The minimum absolute atomic E-state index is 0.112. The molecule has 0 saturated carbocycles. The molecule has 5 rings (SSSR count). The number of nitrogens with one attached hydrogen (secondary N) is 1. The normalized spacial score (nSPS) is 17.4. The molecule has 0 atom stereocenters. The number of halogens is 1. The maximum Gasteiger partial charge on any atom is 0.207 e.